The van der Waals surface area contributed by atoms with Crippen molar-refractivity contribution < 1.29 is 9.53 Å². The summed E-state index contributed by atoms with van der Waals surface area (Å²) in [5, 5.41) is 8.22. The molecule has 10 heteroatoms. The second-order valence-corrected chi connectivity index (χ2v) is 8.72. The van der Waals surface area contributed by atoms with Crippen LogP contribution in [-0.2, 0) is 4.74 Å². The van der Waals surface area contributed by atoms with Crippen molar-refractivity contribution in [1.82, 2.24) is 20.0 Å². The number of nitrogens with two attached hydrogens (primary N) is 1. The van der Waals surface area contributed by atoms with Crippen molar-refractivity contribution >= 4 is 63.3 Å². The molecule has 0 fully saturated rings. The number of nitrogens with one attached hydrogen (secondary N) is 1. The summed E-state index contributed by atoms with van der Waals surface area (Å²) < 4.78 is 6.94. The predicted molar refractivity (Wildman–Crippen MR) is 137 cm³/mol. The fourth-order valence-corrected chi connectivity index (χ4v) is 3.69. The molecule has 34 heavy (non-hydrogen) atoms. The third kappa shape index (κ3) is 5.14. The van der Waals surface area contributed by atoms with Crippen molar-refractivity contribution in [3.05, 3.63) is 63.6 Å². The molecule has 0 spiro atoms. The van der Waals surface area contributed by atoms with Crippen LogP contribution in [0.4, 0.5) is 5.82 Å². The van der Waals surface area contributed by atoms with E-state index in [9.17, 15) is 4.79 Å². The zero-order chi connectivity index (χ0) is 24.2. The molecule has 2 heterocycles. The number of hydrogen-bond donors (Lipinski definition) is 2. The first-order valence-corrected chi connectivity index (χ1v) is 11.6. The molecule has 0 saturated carbocycles. The quantitative estimate of drug-likeness (QED) is 0.265. The Balaban J connectivity index is 1.72. The van der Waals surface area contributed by atoms with Gasteiger partial charge in [-0.1, -0.05) is 41.4 Å². The molecule has 3 N–H and O–H groups in total. The highest BCUT2D eigenvalue weighted by molar-refractivity contribution is 6.42. The largest absolute Gasteiger partial charge is 0.383 e. The molecule has 4 aromatic rings. The van der Waals surface area contributed by atoms with E-state index in [2.05, 4.69) is 20.4 Å². The highest BCUT2D eigenvalue weighted by Crippen LogP contribution is 2.28. The minimum Gasteiger partial charge on any atom is -0.383 e. The van der Waals surface area contributed by atoms with Crippen molar-refractivity contribution in [3.8, 4) is 0 Å². The van der Waals surface area contributed by atoms with Gasteiger partial charge in [-0.25, -0.2) is 9.97 Å². The van der Waals surface area contributed by atoms with E-state index in [1.54, 1.807) is 24.4 Å². The van der Waals surface area contributed by atoms with E-state index in [-0.39, 0.29) is 23.4 Å². The second kappa shape index (κ2) is 10.4. The molecule has 0 aliphatic heterocycles. The predicted octanol–water partition coefficient (Wildman–Crippen LogP) is 4.90. The second-order valence-electron chi connectivity index (χ2n) is 7.90. The van der Waals surface area contributed by atoms with Crippen LogP contribution in [0.25, 0.3) is 22.2 Å². The Kier molecular flexibility index (Phi) is 7.31. The first kappa shape index (κ1) is 23.9. The van der Waals surface area contributed by atoms with Crippen LogP contribution in [0.1, 0.15) is 36.2 Å². The van der Waals surface area contributed by atoms with Gasteiger partial charge in [0.15, 0.2) is 5.65 Å². The molecule has 0 unspecified atom stereocenters. The van der Waals surface area contributed by atoms with Crippen LogP contribution in [0.15, 0.2) is 47.6 Å². The smallest absolute Gasteiger partial charge is 0.257 e. The monoisotopic (exact) mass is 498 g/mol. The summed E-state index contributed by atoms with van der Waals surface area (Å²) in [7, 11) is 0. The van der Waals surface area contributed by atoms with Gasteiger partial charge in [-0.3, -0.25) is 4.79 Å². The van der Waals surface area contributed by atoms with E-state index in [1.807, 2.05) is 38.1 Å². The lowest BCUT2D eigenvalue weighted by atomic mass is 10.2. The number of nitrogen functional groups attached to an aromatic ring is 1. The summed E-state index contributed by atoms with van der Waals surface area (Å²) in [5.41, 5.74) is 9.40. The number of halogens is 2. The number of anilines is 1. The maximum Gasteiger partial charge on any atom is 0.257 e. The number of rotatable bonds is 8. The lowest BCUT2D eigenvalue weighted by Crippen LogP contribution is -2.26. The van der Waals surface area contributed by atoms with Gasteiger partial charge < -0.3 is 15.8 Å². The normalized spacial score (nSPS) is 11.8. The van der Waals surface area contributed by atoms with E-state index in [0.717, 1.165) is 0 Å². The summed E-state index contributed by atoms with van der Waals surface area (Å²) in [4.78, 5) is 22.4. The van der Waals surface area contributed by atoms with Gasteiger partial charge in [-0.15, -0.1) is 0 Å². The van der Waals surface area contributed by atoms with Crippen LogP contribution >= 0.6 is 23.2 Å². The molecule has 0 aliphatic rings. The summed E-state index contributed by atoms with van der Waals surface area (Å²) in [6, 6.07) is 12.5. The van der Waals surface area contributed by atoms with E-state index < -0.39 is 0 Å². The minimum atomic E-state index is -0.347. The number of benzene rings is 2. The van der Waals surface area contributed by atoms with Gasteiger partial charge in [-0.2, -0.15) is 9.78 Å². The molecule has 0 bridgehead atoms. The van der Waals surface area contributed by atoms with Crippen LogP contribution < -0.4 is 11.1 Å². The molecule has 0 saturated heterocycles. The average molecular weight is 499 g/mol. The van der Waals surface area contributed by atoms with Crippen LogP contribution in [0.5, 0.6) is 0 Å². The first-order chi connectivity index (χ1) is 16.3. The van der Waals surface area contributed by atoms with Crippen molar-refractivity contribution in [2.75, 3.05) is 18.9 Å². The van der Waals surface area contributed by atoms with Crippen LogP contribution in [0.3, 0.4) is 0 Å². The van der Waals surface area contributed by atoms with Crippen LogP contribution in [-0.4, -0.2) is 46.0 Å². The van der Waals surface area contributed by atoms with Gasteiger partial charge in [0.05, 0.1) is 33.4 Å². The molecular formula is C24H24Cl2N6O2. The number of fused-ring (bicyclic) bond motifs is 2. The Labute approximate surface area is 206 Å². The maximum atomic E-state index is 13.1. The highest BCUT2D eigenvalue weighted by Gasteiger charge is 2.23. The summed E-state index contributed by atoms with van der Waals surface area (Å²) in [6.07, 6.45) is 2.38. The van der Waals surface area contributed by atoms with Crippen molar-refractivity contribution in [3.63, 3.8) is 0 Å². The summed E-state index contributed by atoms with van der Waals surface area (Å²) >= 11 is 12.1. The van der Waals surface area contributed by atoms with Gasteiger partial charge >= 0.3 is 0 Å². The van der Waals surface area contributed by atoms with Crippen LogP contribution in [0.2, 0.25) is 10.0 Å². The Morgan fingerprint density at radius 1 is 1.18 bits per heavy atom. The molecule has 0 radical (unpaired) electrons. The molecule has 8 nitrogen and oxygen atoms in total. The molecule has 2 aromatic heterocycles. The highest BCUT2D eigenvalue weighted by atomic mass is 35.5. The fourth-order valence-electron chi connectivity index (χ4n) is 3.39. The zero-order valence-electron chi connectivity index (χ0n) is 18.8. The van der Waals surface area contributed by atoms with Gasteiger partial charge in [0.1, 0.15) is 16.9 Å². The van der Waals surface area contributed by atoms with Gasteiger partial charge in [-0.05, 0) is 50.1 Å². The van der Waals surface area contributed by atoms with Gasteiger partial charge in [0.2, 0.25) is 0 Å². The number of para-hydroxylation sites is 2. The zero-order valence-corrected chi connectivity index (χ0v) is 20.3. The first-order valence-electron chi connectivity index (χ1n) is 10.8. The van der Waals surface area contributed by atoms with Crippen LogP contribution in [0, 0.1) is 0 Å². The molecule has 2 aromatic carbocycles. The number of hydrogen-bond acceptors (Lipinski definition) is 6. The van der Waals surface area contributed by atoms with Gasteiger partial charge in [0.25, 0.3) is 5.91 Å². The minimum absolute atomic E-state index is 0.137. The Bertz CT molecular complexity index is 1380. The number of amides is 1. The SMILES string of the molecule is CC(C)OCCCNC(=O)c1c(N)n(N=Cc2ccc(Cl)c(Cl)c2)c2nc3ccccc3nc12. The molecule has 4 rings (SSSR count). The molecule has 1 amide bonds. The molecular weight excluding hydrogens is 475 g/mol. The lowest BCUT2D eigenvalue weighted by Gasteiger charge is -2.08. The van der Waals surface area contributed by atoms with Crippen molar-refractivity contribution in [2.45, 2.75) is 26.4 Å². The Morgan fingerprint density at radius 2 is 1.91 bits per heavy atom. The van der Waals surface area contributed by atoms with E-state index in [1.165, 1.54) is 4.68 Å². The molecule has 176 valence electrons. The number of nitrogens with zero attached hydrogens (tertiary/aromatic N) is 4. The number of aromatic nitrogens is 3. The van der Waals surface area contributed by atoms with E-state index in [4.69, 9.17) is 33.7 Å². The summed E-state index contributed by atoms with van der Waals surface area (Å²) in [5.74, 6) is -0.210. The number of carbonyl (C=O) groups is 1. The Morgan fingerprint density at radius 3 is 2.62 bits per heavy atom. The Hall–Kier alpha value is -3.20. The van der Waals surface area contributed by atoms with Gasteiger partial charge in [0, 0.05) is 13.2 Å². The summed E-state index contributed by atoms with van der Waals surface area (Å²) in [6.45, 7) is 4.92. The van der Waals surface area contributed by atoms with E-state index >= 15 is 0 Å². The number of ether oxygens (including phenoxy) is 1. The van der Waals surface area contributed by atoms with Crippen molar-refractivity contribution in [2.24, 2.45) is 5.10 Å². The van der Waals surface area contributed by atoms with E-state index in [0.29, 0.717) is 57.4 Å². The standard InChI is InChI=1S/C24H24Cl2N6O2/c1-14(2)34-11-5-10-28-24(33)20-21-23(31-19-7-4-3-6-18(19)30-21)32(22(20)27)29-13-15-8-9-16(25)17(26)12-15/h3-4,6-9,12-14H,5,10-11,27H2,1-2H3,(H,28,33). The maximum absolute atomic E-state index is 13.1. The topological polar surface area (TPSA) is 107 Å². The third-order valence-corrected chi connectivity index (χ3v) is 5.76. The van der Waals surface area contributed by atoms with Crippen molar-refractivity contribution in [1.29, 1.82) is 0 Å². The molecule has 0 aliphatic carbocycles. The lowest BCUT2D eigenvalue weighted by molar-refractivity contribution is 0.0757. The molecule has 0 atom stereocenters. The third-order valence-electron chi connectivity index (χ3n) is 5.02. The average Bonchev–Trinajstić information content (AvgIpc) is 3.07. The fraction of sp³-hybridized carbons (Fsp3) is 0.250. The number of carbonyl (C=O) groups excluding carboxylic acids is 1.